The maximum Gasteiger partial charge on any atom is 0.203 e. The molecule has 8 heteroatoms. The fourth-order valence-corrected chi connectivity index (χ4v) is 4.58. The summed E-state index contributed by atoms with van der Waals surface area (Å²) in [7, 11) is 8.03. The van der Waals surface area contributed by atoms with Crippen molar-refractivity contribution in [1.82, 2.24) is 4.90 Å². The first kappa shape index (κ1) is 28.4. The van der Waals surface area contributed by atoms with E-state index in [0.29, 0.717) is 46.9 Å². The maximum atomic E-state index is 11.1. The summed E-state index contributed by atoms with van der Waals surface area (Å²) in [5.74, 6) is 3.07. The molecule has 3 aromatic carbocycles. The van der Waals surface area contributed by atoms with Gasteiger partial charge in [0.25, 0.3) is 0 Å². The van der Waals surface area contributed by atoms with Crippen molar-refractivity contribution >= 4 is 11.6 Å². The van der Waals surface area contributed by atoms with Crippen molar-refractivity contribution in [2.24, 2.45) is 0 Å². The summed E-state index contributed by atoms with van der Waals surface area (Å²) < 4.78 is 27.5. The molecule has 3 rings (SSSR count). The lowest BCUT2D eigenvalue weighted by atomic mass is 10.0. The van der Waals surface area contributed by atoms with E-state index in [-0.39, 0.29) is 6.04 Å². The Morgan fingerprint density at radius 2 is 1.38 bits per heavy atom. The third kappa shape index (κ3) is 7.22. The average molecular weight is 530 g/mol. The molecule has 37 heavy (non-hydrogen) atoms. The van der Waals surface area contributed by atoms with Crippen LogP contribution >= 0.6 is 11.6 Å². The van der Waals surface area contributed by atoms with E-state index in [1.54, 1.807) is 47.7 Å². The van der Waals surface area contributed by atoms with Crippen LogP contribution in [0.3, 0.4) is 0 Å². The Morgan fingerprint density at radius 3 is 1.95 bits per heavy atom. The number of aliphatic hydroxyl groups is 1. The first-order valence-electron chi connectivity index (χ1n) is 12.0. The summed E-state index contributed by atoms with van der Waals surface area (Å²) in [5, 5.41) is 11.7. The first-order valence-corrected chi connectivity index (χ1v) is 12.4. The maximum absolute atomic E-state index is 11.1. The van der Waals surface area contributed by atoms with Gasteiger partial charge in [-0.2, -0.15) is 0 Å². The summed E-state index contributed by atoms with van der Waals surface area (Å²) in [5.41, 5.74) is 2.82. The molecule has 0 amide bonds. The molecule has 0 heterocycles. The largest absolute Gasteiger partial charge is 0.493 e. The van der Waals surface area contributed by atoms with Crippen LogP contribution in [0.1, 0.15) is 29.7 Å². The molecule has 2 unspecified atom stereocenters. The van der Waals surface area contributed by atoms with Crippen molar-refractivity contribution < 1.29 is 28.8 Å². The van der Waals surface area contributed by atoms with E-state index in [0.717, 1.165) is 23.1 Å². The molecule has 0 spiro atoms. The Labute approximate surface area is 224 Å². The molecule has 0 saturated carbocycles. The van der Waals surface area contributed by atoms with Crippen LogP contribution in [0.5, 0.6) is 28.7 Å². The third-order valence-corrected chi connectivity index (χ3v) is 6.59. The molecular formula is C29H36ClNO6. The average Bonchev–Trinajstić information content (AvgIpc) is 2.91. The van der Waals surface area contributed by atoms with Gasteiger partial charge in [0.1, 0.15) is 0 Å². The molecule has 0 radical (unpaired) electrons. The van der Waals surface area contributed by atoms with Gasteiger partial charge in [-0.1, -0.05) is 29.8 Å². The molecule has 0 aliphatic rings. The van der Waals surface area contributed by atoms with E-state index in [1.807, 2.05) is 42.5 Å². The second-order valence-electron chi connectivity index (χ2n) is 8.78. The molecule has 0 aliphatic carbocycles. The highest BCUT2D eigenvalue weighted by atomic mass is 35.5. The second kappa shape index (κ2) is 13.4. The Morgan fingerprint density at radius 1 is 0.757 bits per heavy atom. The number of aliphatic hydroxyl groups excluding tert-OH is 1. The van der Waals surface area contributed by atoms with Crippen molar-refractivity contribution in [2.75, 3.05) is 42.1 Å². The highest BCUT2D eigenvalue weighted by molar-refractivity contribution is 6.30. The van der Waals surface area contributed by atoms with Crippen LogP contribution in [0.25, 0.3) is 0 Å². The summed E-state index contributed by atoms with van der Waals surface area (Å²) >= 11 is 6.19. The molecule has 0 fully saturated rings. The van der Waals surface area contributed by atoms with Crippen molar-refractivity contribution in [3.05, 3.63) is 76.3 Å². The van der Waals surface area contributed by atoms with Crippen LogP contribution in [0.2, 0.25) is 5.02 Å². The number of benzene rings is 3. The number of methoxy groups -OCH3 is 5. The zero-order valence-corrected chi connectivity index (χ0v) is 23.0. The van der Waals surface area contributed by atoms with Gasteiger partial charge in [-0.3, -0.25) is 4.90 Å². The first-order chi connectivity index (χ1) is 17.8. The molecule has 3 aromatic rings. The van der Waals surface area contributed by atoms with Gasteiger partial charge in [-0.25, -0.2) is 0 Å². The topological polar surface area (TPSA) is 69.6 Å². The van der Waals surface area contributed by atoms with Crippen LogP contribution in [0.4, 0.5) is 0 Å². The summed E-state index contributed by atoms with van der Waals surface area (Å²) in [6, 6.07) is 17.2. The molecule has 0 aromatic heterocycles. The van der Waals surface area contributed by atoms with Crippen molar-refractivity contribution in [2.45, 2.75) is 32.0 Å². The van der Waals surface area contributed by atoms with Crippen LogP contribution in [0, 0.1) is 0 Å². The van der Waals surface area contributed by atoms with Gasteiger partial charge in [0.2, 0.25) is 5.75 Å². The van der Waals surface area contributed by atoms with Gasteiger partial charge < -0.3 is 28.8 Å². The number of ether oxygens (including phenoxy) is 5. The number of hydrogen-bond acceptors (Lipinski definition) is 7. The monoisotopic (exact) mass is 529 g/mol. The fraction of sp³-hybridized carbons (Fsp3) is 0.379. The third-order valence-electron chi connectivity index (χ3n) is 6.35. The number of nitrogens with zero attached hydrogens (tertiary/aromatic N) is 1. The number of rotatable bonds is 13. The lowest BCUT2D eigenvalue weighted by Gasteiger charge is -2.32. The normalized spacial score (nSPS) is 12.7. The SMILES string of the molecule is COc1ccc(CC(C)N(Cc2cc(OC)c(OC)c(OC)c2)CC(O)c2cccc(Cl)c2)cc1OC. The quantitative estimate of drug-likeness (QED) is 0.311. The van der Waals surface area contributed by atoms with Crippen molar-refractivity contribution in [3.63, 3.8) is 0 Å². The molecule has 200 valence electrons. The predicted molar refractivity (Wildman–Crippen MR) is 146 cm³/mol. The molecule has 1 N–H and O–H groups in total. The molecule has 2 atom stereocenters. The zero-order valence-electron chi connectivity index (χ0n) is 22.3. The van der Waals surface area contributed by atoms with Gasteiger partial charge in [0, 0.05) is 24.2 Å². The Hall–Kier alpha value is -3.13. The number of hydrogen-bond donors (Lipinski definition) is 1. The van der Waals surface area contributed by atoms with E-state index in [4.69, 9.17) is 35.3 Å². The van der Waals surface area contributed by atoms with E-state index in [1.165, 1.54) is 0 Å². The predicted octanol–water partition coefficient (Wildman–Crippen LogP) is 5.55. The molecule has 0 bridgehead atoms. The molecule has 0 saturated heterocycles. The highest BCUT2D eigenvalue weighted by Gasteiger charge is 2.22. The minimum absolute atomic E-state index is 0.0611. The highest BCUT2D eigenvalue weighted by Crippen LogP contribution is 2.39. The van der Waals surface area contributed by atoms with Gasteiger partial charge in [-0.15, -0.1) is 0 Å². The Bertz CT molecular complexity index is 1150. The smallest absolute Gasteiger partial charge is 0.203 e. The number of halogens is 1. The van der Waals surface area contributed by atoms with E-state index >= 15 is 0 Å². The minimum Gasteiger partial charge on any atom is -0.493 e. The lowest BCUT2D eigenvalue weighted by molar-refractivity contribution is 0.0858. The summed E-state index contributed by atoms with van der Waals surface area (Å²) in [6.45, 7) is 3.08. The van der Waals surface area contributed by atoms with Gasteiger partial charge >= 0.3 is 0 Å². The summed E-state index contributed by atoms with van der Waals surface area (Å²) in [6.07, 6.45) is 0.00106. The summed E-state index contributed by atoms with van der Waals surface area (Å²) in [4.78, 5) is 2.23. The molecule has 0 aliphatic heterocycles. The van der Waals surface area contributed by atoms with E-state index < -0.39 is 6.10 Å². The van der Waals surface area contributed by atoms with Gasteiger partial charge in [-0.05, 0) is 66.4 Å². The minimum atomic E-state index is -0.728. The van der Waals surface area contributed by atoms with Crippen LogP contribution in [-0.2, 0) is 13.0 Å². The van der Waals surface area contributed by atoms with Crippen LogP contribution in [0.15, 0.2) is 54.6 Å². The molecule has 7 nitrogen and oxygen atoms in total. The van der Waals surface area contributed by atoms with E-state index in [2.05, 4.69) is 11.8 Å². The van der Waals surface area contributed by atoms with Gasteiger partial charge in [0.15, 0.2) is 23.0 Å². The standard InChI is InChI=1S/C29H36ClNO6/c1-19(12-20-10-11-25(33-2)26(13-20)34-3)31(18-24(32)22-8-7-9-23(30)16-22)17-21-14-27(35-4)29(37-6)28(15-21)36-5/h7-11,13-16,19,24,32H,12,17-18H2,1-6H3. The lowest BCUT2D eigenvalue weighted by Crippen LogP contribution is -2.37. The van der Waals surface area contributed by atoms with Gasteiger partial charge in [0.05, 0.1) is 41.7 Å². The fourth-order valence-electron chi connectivity index (χ4n) is 4.38. The van der Waals surface area contributed by atoms with E-state index in [9.17, 15) is 5.11 Å². The Kier molecular flexibility index (Phi) is 10.3. The Balaban J connectivity index is 1.92. The van der Waals surface area contributed by atoms with Crippen molar-refractivity contribution in [3.8, 4) is 28.7 Å². The zero-order chi connectivity index (χ0) is 26.9. The molecular weight excluding hydrogens is 494 g/mol. The second-order valence-corrected chi connectivity index (χ2v) is 9.21. The van der Waals surface area contributed by atoms with Crippen LogP contribution in [-0.4, -0.2) is 58.1 Å². The van der Waals surface area contributed by atoms with Crippen molar-refractivity contribution in [1.29, 1.82) is 0 Å². The van der Waals surface area contributed by atoms with Crippen LogP contribution < -0.4 is 23.7 Å².